The van der Waals surface area contributed by atoms with Crippen LogP contribution in [0.3, 0.4) is 0 Å². The molecule has 0 radical (unpaired) electrons. The van der Waals surface area contributed by atoms with Gasteiger partial charge in [-0.25, -0.2) is 4.98 Å². The summed E-state index contributed by atoms with van der Waals surface area (Å²) in [5.74, 6) is -0.135. The lowest BCUT2D eigenvalue weighted by Gasteiger charge is -2.01. The Bertz CT molecular complexity index is 572. The molecule has 0 aromatic carbocycles. The Labute approximate surface area is 114 Å². The number of hydrogen-bond donors (Lipinski definition) is 0. The van der Waals surface area contributed by atoms with Crippen LogP contribution >= 0.6 is 22.9 Å². The smallest absolute Gasteiger partial charge is 0.200 e. The summed E-state index contributed by atoms with van der Waals surface area (Å²) in [6.45, 7) is 0. The molecule has 94 valence electrons. The zero-order chi connectivity index (χ0) is 13.1. The lowest BCUT2D eigenvalue weighted by atomic mass is 10.3. The molecule has 18 heavy (non-hydrogen) atoms. The second kappa shape index (κ2) is 5.37. The Kier molecular flexibility index (Phi) is 3.84. The summed E-state index contributed by atoms with van der Waals surface area (Å²) in [7, 11) is 3.70. The SMILES string of the molecule is CN(C)C=CC(=O)c1sc(-n2cccc2)nc1Cl. The van der Waals surface area contributed by atoms with Crippen molar-refractivity contribution in [3.63, 3.8) is 0 Å². The molecule has 2 aromatic rings. The number of thiazole rings is 1. The molecule has 4 nitrogen and oxygen atoms in total. The molecule has 0 bridgehead atoms. The van der Waals surface area contributed by atoms with Gasteiger partial charge in [-0.05, 0) is 12.1 Å². The van der Waals surface area contributed by atoms with Crippen LogP contribution in [-0.2, 0) is 0 Å². The molecule has 2 heterocycles. The van der Waals surface area contributed by atoms with E-state index in [1.807, 2.05) is 43.2 Å². The lowest BCUT2D eigenvalue weighted by Crippen LogP contribution is -2.02. The average molecular weight is 282 g/mol. The second-order valence-electron chi connectivity index (χ2n) is 3.85. The van der Waals surface area contributed by atoms with Gasteiger partial charge in [-0.15, -0.1) is 0 Å². The third-order valence-electron chi connectivity index (χ3n) is 2.15. The van der Waals surface area contributed by atoms with Crippen LogP contribution in [0.25, 0.3) is 5.13 Å². The highest BCUT2D eigenvalue weighted by Crippen LogP contribution is 2.26. The van der Waals surface area contributed by atoms with Gasteiger partial charge in [0.05, 0.1) is 0 Å². The molecule has 0 amide bonds. The summed E-state index contributed by atoms with van der Waals surface area (Å²) in [6.07, 6.45) is 6.89. The van der Waals surface area contributed by atoms with Crippen LogP contribution in [0.1, 0.15) is 9.67 Å². The van der Waals surface area contributed by atoms with E-state index in [2.05, 4.69) is 4.98 Å². The minimum atomic E-state index is -0.135. The third kappa shape index (κ3) is 2.80. The number of halogens is 1. The van der Waals surface area contributed by atoms with E-state index in [0.717, 1.165) is 0 Å². The minimum absolute atomic E-state index is 0.135. The first-order valence-corrected chi connectivity index (χ1v) is 6.46. The van der Waals surface area contributed by atoms with E-state index in [1.165, 1.54) is 17.4 Å². The molecule has 6 heteroatoms. The molecule has 2 aromatic heterocycles. The average Bonchev–Trinajstić information content (AvgIpc) is 2.94. The van der Waals surface area contributed by atoms with E-state index in [9.17, 15) is 4.79 Å². The number of carbonyl (C=O) groups excluding carboxylic acids is 1. The van der Waals surface area contributed by atoms with Crippen LogP contribution in [0.2, 0.25) is 5.15 Å². The van der Waals surface area contributed by atoms with Crippen molar-refractivity contribution in [2.75, 3.05) is 14.1 Å². The maximum atomic E-state index is 11.9. The van der Waals surface area contributed by atoms with Crippen molar-refractivity contribution in [1.29, 1.82) is 0 Å². The molecule has 0 fully saturated rings. The van der Waals surface area contributed by atoms with Crippen LogP contribution in [0.15, 0.2) is 36.8 Å². The monoisotopic (exact) mass is 281 g/mol. The number of rotatable bonds is 4. The standard InChI is InChI=1S/C12H12ClN3OS/c1-15(2)8-5-9(17)10-11(13)14-12(18-10)16-6-3-4-7-16/h3-8H,1-2H3. The Morgan fingerprint density at radius 1 is 1.44 bits per heavy atom. The van der Waals surface area contributed by atoms with Crippen molar-refractivity contribution in [3.8, 4) is 5.13 Å². The van der Waals surface area contributed by atoms with E-state index < -0.39 is 0 Å². The summed E-state index contributed by atoms with van der Waals surface area (Å²) < 4.78 is 1.82. The maximum Gasteiger partial charge on any atom is 0.200 e. The molecule has 0 aliphatic carbocycles. The predicted octanol–water partition coefficient (Wildman–Crippen LogP) is 2.85. The summed E-state index contributed by atoms with van der Waals surface area (Å²) in [5, 5.41) is 0.934. The van der Waals surface area contributed by atoms with Crippen LogP contribution in [0, 0.1) is 0 Å². The fourth-order valence-electron chi connectivity index (χ4n) is 1.31. The van der Waals surface area contributed by atoms with E-state index in [4.69, 9.17) is 11.6 Å². The van der Waals surface area contributed by atoms with E-state index in [0.29, 0.717) is 10.0 Å². The molecule has 0 aliphatic heterocycles. The summed E-state index contributed by atoms with van der Waals surface area (Å²) in [5.41, 5.74) is 0. The zero-order valence-electron chi connectivity index (χ0n) is 10.0. The van der Waals surface area contributed by atoms with Gasteiger partial charge >= 0.3 is 0 Å². The highest BCUT2D eigenvalue weighted by atomic mass is 35.5. The van der Waals surface area contributed by atoms with Gasteiger partial charge in [0.15, 0.2) is 16.1 Å². The van der Waals surface area contributed by atoms with Crippen LogP contribution < -0.4 is 0 Å². The van der Waals surface area contributed by atoms with Gasteiger partial charge in [-0.1, -0.05) is 22.9 Å². The van der Waals surface area contributed by atoms with Gasteiger partial charge in [0, 0.05) is 38.8 Å². The number of ketones is 1. The number of carbonyl (C=O) groups is 1. The second-order valence-corrected chi connectivity index (χ2v) is 5.19. The first kappa shape index (κ1) is 12.9. The van der Waals surface area contributed by atoms with Crippen LogP contribution in [-0.4, -0.2) is 34.3 Å². The fraction of sp³-hybridized carbons (Fsp3) is 0.167. The van der Waals surface area contributed by atoms with Gasteiger partial charge in [0.2, 0.25) is 0 Å². The van der Waals surface area contributed by atoms with Crippen LogP contribution in [0.4, 0.5) is 0 Å². The molecule has 2 rings (SSSR count). The first-order valence-electron chi connectivity index (χ1n) is 5.26. The van der Waals surface area contributed by atoms with Crippen molar-refractivity contribution in [2.45, 2.75) is 0 Å². The van der Waals surface area contributed by atoms with Gasteiger partial charge < -0.3 is 9.47 Å². The van der Waals surface area contributed by atoms with E-state index in [1.54, 1.807) is 11.1 Å². The summed E-state index contributed by atoms with van der Waals surface area (Å²) in [4.78, 5) is 18.3. The third-order valence-corrected chi connectivity index (χ3v) is 3.62. The van der Waals surface area contributed by atoms with Crippen molar-refractivity contribution in [3.05, 3.63) is 46.8 Å². The van der Waals surface area contributed by atoms with E-state index >= 15 is 0 Å². The normalized spacial score (nSPS) is 11.1. The van der Waals surface area contributed by atoms with E-state index in [-0.39, 0.29) is 10.9 Å². The number of hydrogen-bond acceptors (Lipinski definition) is 4. The molecule has 0 aliphatic rings. The van der Waals surface area contributed by atoms with Gasteiger partial charge in [-0.2, -0.15) is 0 Å². The molecule has 0 saturated carbocycles. The van der Waals surface area contributed by atoms with Crippen molar-refractivity contribution in [1.82, 2.24) is 14.5 Å². The topological polar surface area (TPSA) is 38.1 Å². The highest BCUT2D eigenvalue weighted by molar-refractivity contribution is 7.16. The predicted molar refractivity (Wildman–Crippen MR) is 73.6 cm³/mol. The van der Waals surface area contributed by atoms with Gasteiger partial charge in [0.25, 0.3) is 0 Å². The Morgan fingerprint density at radius 3 is 2.72 bits per heavy atom. The Balaban J connectivity index is 2.27. The molecule has 0 saturated heterocycles. The Morgan fingerprint density at radius 2 is 2.11 bits per heavy atom. The Hall–Kier alpha value is -1.59. The molecule has 0 N–H and O–H groups in total. The summed E-state index contributed by atoms with van der Waals surface area (Å²) >= 11 is 7.27. The van der Waals surface area contributed by atoms with Gasteiger partial charge in [0.1, 0.15) is 4.88 Å². The van der Waals surface area contributed by atoms with Crippen molar-refractivity contribution >= 4 is 28.7 Å². The van der Waals surface area contributed by atoms with Crippen molar-refractivity contribution in [2.24, 2.45) is 0 Å². The van der Waals surface area contributed by atoms with Gasteiger partial charge in [-0.3, -0.25) is 4.79 Å². The minimum Gasteiger partial charge on any atom is -0.383 e. The van der Waals surface area contributed by atoms with Crippen molar-refractivity contribution < 1.29 is 4.79 Å². The largest absolute Gasteiger partial charge is 0.383 e. The lowest BCUT2D eigenvalue weighted by molar-refractivity contribution is 0.104. The number of allylic oxidation sites excluding steroid dienone is 1. The quantitative estimate of drug-likeness (QED) is 0.639. The molecular weight excluding hydrogens is 270 g/mol. The number of nitrogens with zero attached hydrogens (tertiary/aromatic N) is 3. The molecule has 0 atom stereocenters. The molecule has 0 spiro atoms. The fourth-order valence-corrected chi connectivity index (χ4v) is 2.49. The molecule has 0 unspecified atom stereocenters. The first-order chi connectivity index (χ1) is 8.58. The number of aromatic nitrogens is 2. The zero-order valence-corrected chi connectivity index (χ0v) is 11.6. The highest BCUT2D eigenvalue weighted by Gasteiger charge is 2.15. The van der Waals surface area contributed by atoms with Crippen LogP contribution in [0.5, 0.6) is 0 Å². The maximum absolute atomic E-state index is 11.9. The molecular formula is C12H12ClN3OS. The summed E-state index contributed by atoms with van der Waals surface area (Å²) in [6, 6.07) is 3.78.